The molecule has 0 spiro atoms. The first kappa shape index (κ1) is 13.3. The molecule has 6 heteroatoms. The van der Waals surface area contributed by atoms with Crippen molar-refractivity contribution in [2.75, 3.05) is 12.4 Å². The van der Waals surface area contributed by atoms with Gasteiger partial charge in [0.25, 0.3) is 0 Å². The molecule has 1 aromatic heterocycles. The van der Waals surface area contributed by atoms with E-state index in [0.717, 1.165) is 6.42 Å². The molecule has 5 nitrogen and oxygen atoms in total. The molecule has 0 saturated heterocycles. The SMILES string of the molecule is CNc1ccncc1S(=O)(=O)NC(C)CC1CC1. The summed E-state index contributed by atoms with van der Waals surface area (Å²) in [6, 6.07) is 1.62. The van der Waals surface area contributed by atoms with Crippen LogP contribution in [-0.4, -0.2) is 26.5 Å². The number of nitrogens with zero attached hydrogens (tertiary/aromatic N) is 1. The van der Waals surface area contributed by atoms with Crippen LogP contribution in [0.15, 0.2) is 23.4 Å². The maximum Gasteiger partial charge on any atom is 0.244 e. The van der Waals surface area contributed by atoms with Crippen LogP contribution in [0.1, 0.15) is 26.2 Å². The second-order valence-electron chi connectivity index (χ2n) is 4.82. The van der Waals surface area contributed by atoms with Gasteiger partial charge in [0.1, 0.15) is 4.90 Å². The van der Waals surface area contributed by atoms with Crippen LogP contribution >= 0.6 is 0 Å². The third-order valence-corrected chi connectivity index (χ3v) is 4.70. The van der Waals surface area contributed by atoms with Crippen LogP contribution in [0.25, 0.3) is 0 Å². The molecule has 1 aromatic rings. The van der Waals surface area contributed by atoms with E-state index in [4.69, 9.17) is 0 Å². The number of anilines is 1. The predicted molar refractivity (Wildman–Crippen MR) is 70.9 cm³/mol. The highest BCUT2D eigenvalue weighted by Crippen LogP contribution is 2.33. The van der Waals surface area contributed by atoms with Gasteiger partial charge < -0.3 is 5.32 Å². The van der Waals surface area contributed by atoms with Crippen molar-refractivity contribution in [3.63, 3.8) is 0 Å². The van der Waals surface area contributed by atoms with Crippen molar-refractivity contribution in [2.24, 2.45) is 5.92 Å². The van der Waals surface area contributed by atoms with E-state index in [9.17, 15) is 8.42 Å². The molecular formula is C12H19N3O2S. The lowest BCUT2D eigenvalue weighted by Gasteiger charge is -2.15. The Morgan fingerprint density at radius 3 is 2.83 bits per heavy atom. The maximum absolute atomic E-state index is 12.2. The normalized spacial score (nSPS) is 17.4. The maximum atomic E-state index is 12.2. The van der Waals surface area contributed by atoms with Crippen molar-refractivity contribution in [1.82, 2.24) is 9.71 Å². The highest BCUT2D eigenvalue weighted by Gasteiger charge is 2.27. The van der Waals surface area contributed by atoms with E-state index in [2.05, 4.69) is 15.0 Å². The molecule has 2 N–H and O–H groups in total. The zero-order chi connectivity index (χ0) is 13.2. The fraction of sp³-hybridized carbons (Fsp3) is 0.583. The molecule has 1 saturated carbocycles. The second-order valence-corrected chi connectivity index (χ2v) is 6.51. The lowest BCUT2D eigenvalue weighted by Crippen LogP contribution is -2.33. The highest BCUT2D eigenvalue weighted by atomic mass is 32.2. The van der Waals surface area contributed by atoms with Gasteiger partial charge in [-0.05, 0) is 25.3 Å². The number of hydrogen-bond donors (Lipinski definition) is 2. The first-order valence-electron chi connectivity index (χ1n) is 6.17. The lowest BCUT2D eigenvalue weighted by molar-refractivity contribution is 0.530. The Morgan fingerprint density at radius 2 is 2.22 bits per heavy atom. The Kier molecular flexibility index (Phi) is 3.87. The van der Waals surface area contributed by atoms with Gasteiger partial charge in [0, 0.05) is 25.5 Å². The third kappa shape index (κ3) is 3.20. The summed E-state index contributed by atoms with van der Waals surface area (Å²) >= 11 is 0. The fourth-order valence-corrected chi connectivity index (χ4v) is 3.44. The molecular weight excluding hydrogens is 250 g/mol. The van der Waals surface area contributed by atoms with E-state index in [1.54, 1.807) is 19.3 Å². The molecule has 0 amide bonds. The van der Waals surface area contributed by atoms with E-state index in [0.29, 0.717) is 11.6 Å². The summed E-state index contributed by atoms with van der Waals surface area (Å²) < 4.78 is 27.2. The highest BCUT2D eigenvalue weighted by molar-refractivity contribution is 7.89. The summed E-state index contributed by atoms with van der Waals surface area (Å²) in [5, 5.41) is 2.87. The number of rotatable bonds is 6. The Hall–Kier alpha value is -1.14. The number of aromatic nitrogens is 1. The van der Waals surface area contributed by atoms with Gasteiger partial charge in [0.2, 0.25) is 10.0 Å². The fourth-order valence-electron chi connectivity index (χ4n) is 2.03. The average molecular weight is 269 g/mol. The van der Waals surface area contributed by atoms with Crippen LogP contribution in [0, 0.1) is 5.92 Å². The van der Waals surface area contributed by atoms with Gasteiger partial charge in [-0.1, -0.05) is 12.8 Å². The number of pyridine rings is 1. The number of nitrogens with one attached hydrogen (secondary N) is 2. The zero-order valence-corrected chi connectivity index (χ0v) is 11.5. The summed E-state index contributed by atoms with van der Waals surface area (Å²) in [5.74, 6) is 0.695. The summed E-state index contributed by atoms with van der Waals surface area (Å²) in [6.07, 6.45) is 6.30. The van der Waals surface area contributed by atoms with Crippen molar-refractivity contribution < 1.29 is 8.42 Å². The summed E-state index contributed by atoms with van der Waals surface area (Å²) in [5.41, 5.74) is 0.566. The van der Waals surface area contributed by atoms with E-state index in [1.165, 1.54) is 19.0 Å². The van der Waals surface area contributed by atoms with E-state index >= 15 is 0 Å². The van der Waals surface area contributed by atoms with Gasteiger partial charge >= 0.3 is 0 Å². The molecule has 1 unspecified atom stereocenters. The molecule has 1 aliphatic rings. The van der Waals surface area contributed by atoms with E-state index in [-0.39, 0.29) is 10.9 Å². The molecule has 2 rings (SSSR count). The Morgan fingerprint density at radius 1 is 1.50 bits per heavy atom. The standard InChI is InChI=1S/C12H19N3O2S/c1-9(7-10-3-4-10)15-18(16,17)12-8-14-6-5-11(12)13-2/h5-6,8-10,15H,3-4,7H2,1-2H3,(H,13,14). The van der Waals surface area contributed by atoms with Crippen molar-refractivity contribution in [2.45, 2.75) is 37.1 Å². The molecule has 0 aromatic carbocycles. The molecule has 0 bridgehead atoms. The smallest absolute Gasteiger partial charge is 0.244 e. The van der Waals surface area contributed by atoms with Crippen molar-refractivity contribution in [3.8, 4) is 0 Å². The molecule has 0 aliphatic heterocycles. The number of hydrogen-bond acceptors (Lipinski definition) is 4. The Labute approximate surface area is 108 Å². The van der Waals surface area contributed by atoms with Crippen LogP contribution in [0.2, 0.25) is 0 Å². The lowest BCUT2D eigenvalue weighted by atomic mass is 10.2. The largest absolute Gasteiger partial charge is 0.387 e. The van der Waals surface area contributed by atoms with Gasteiger partial charge in [-0.3, -0.25) is 4.98 Å². The summed E-state index contributed by atoms with van der Waals surface area (Å²) in [4.78, 5) is 4.08. The van der Waals surface area contributed by atoms with Crippen LogP contribution in [-0.2, 0) is 10.0 Å². The van der Waals surface area contributed by atoms with Crippen LogP contribution < -0.4 is 10.0 Å². The van der Waals surface area contributed by atoms with Gasteiger partial charge in [0.15, 0.2) is 0 Å². The minimum absolute atomic E-state index is 0.0348. The van der Waals surface area contributed by atoms with Gasteiger partial charge in [-0.25, -0.2) is 13.1 Å². The monoisotopic (exact) mass is 269 g/mol. The molecule has 0 radical (unpaired) electrons. The van der Waals surface area contributed by atoms with E-state index in [1.807, 2.05) is 6.92 Å². The molecule has 100 valence electrons. The minimum atomic E-state index is -3.50. The number of sulfonamides is 1. The topological polar surface area (TPSA) is 71.1 Å². The van der Waals surface area contributed by atoms with Crippen LogP contribution in [0.4, 0.5) is 5.69 Å². The predicted octanol–water partition coefficient (Wildman–Crippen LogP) is 1.59. The third-order valence-electron chi connectivity index (χ3n) is 3.08. The summed E-state index contributed by atoms with van der Waals surface area (Å²) in [6.45, 7) is 1.91. The van der Waals surface area contributed by atoms with Gasteiger partial charge in [-0.15, -0.1) is 0 Å². The molecule has 1 fully saturated rings. The summed E-state index contributed by atoms with van der Waals surface area (Å²) in [7, 11) is -1.80. The van der Waals surface area contributed by atoms with E-state index < -0.39 is 10.0 Å². The Bertz CT molecular complexity index is 512. The first-order chi connectivity index (χ1) is 8.53. The van der Waals surface area contributed by atoms with Gasteiger partial charge in [0.05, 0.1) is 5.69 Å². The van der Waals surface area contributed by atoms with Crippen LogP contribution in [0.5, 0.6) is 0 Å². The second kappa shape index (κ2) is 5.24. The first-order valence-corrected chi connectivity index (χ1v) is 7.65. The van der Waals surface area contributed by atoms with Gasteiger partial charge in [-0.2, -0.15) is 0 Å². The molecule has 1 aliphatic carbocycles. The molecule has 1 atom stereocenters. The molecule has 1 heterocycles. The average Bonchev–Trinajstić information content (AvgIpc) is 3.12. The molecule has 18 heavy (non-hydrogen) atoms. The van der Waals surface area contributed by atoms with Crippen molar-refractivity contribution in [1.29, 1.82) is 0 Å². The Balaban J connectivity index is 2.13. The van der Waals surface area contributed by atoms with Crippen molar-refractivity contribution >= 4 is 15.7 Å². The van der Waals surface area contributed by atoms with Crippen molar-refractivity contribution in [3.05, 3.63) is 18.5 Å². The van der Waals surface area contributed by atoms with Crippen LogP contribution in [0.3, 0.4) is 0 Å². The quantitative estimate of drug-likeness (QED) is 0.822. The zero-order valence-electron chi connectivity index (χ0n) is 10.7. The minimum Gasteiger partial charge on any atom is -0.387 e.